The third-order valence-electron chi connectivity index (χ3n) is 2.12. The Morgan fingerprint density at radius 3 is 2.69 bits per heavy atom. The average Bonchev–Trinajstić information content (AvgIpc) is 2.35. The highest BCUT2D eigenvalue weighted by Gasteiger charge is 2.28. The van der Waals surface area contributed by atoms with Crippen LogP contribution >= 0.6 is 0 Å². The predicted molar refractivity (Wildman–Crippen MR) is 48.3 cm³/mol. The van der Waals surface area contributed by atoms with Gasteiger partial charge in [0.2, 0.25) is 0 Å². The number of aromatic nitrogens is 2. The first-order chi connectivity index (χ1) is 5.93. The molecule has 0 aromatic carbocycles. The Labute approximate surface area is 77.2 Å². The molecule has 0 spiro atoms. The number of carboxylic acids is 1. The summed E-state index contributed by atoms with van der Waals surface area (Å²) in [6.45, 7) is 3.42. The van der Waals surface area contributed by atoms with Crippen molar-refractivity contribution < 1.29 is 9.90 Å². The molecule has 0 saturated carbocycles. The second-order valence-electron chi connectivity index (χ2n) is 3.86. The van der Waals surface area contributed by atoms with Crippen LogP contribution in [-0.2, 0) is 18.3 Å². The first-order valence-corrected chi connectivity index (χ1v) is 4.12. The SMILES string of the molecule is Cn1cncc1CC(C)(C)C(=O)O. The van der Waals surface area contributed by atoms with E-state index in [-0.39, 0.29) is 0 Å². The number of hydrogen-bond donors (Lipinski definition) is 1. The van der Waals surface area contributed by atoms with Gasteiger partial charge < -0.3 is 9.67 Å². The molecule has 0 aliphatic rings. The van der Waals surface area contributed by atoms with Crippen LogP contribution in [0, 0.1) is 5.41 Å². The van der Waals surface area contributed by atoms with Gasteiger partial charge in [-0.25, -0.2) is 4.98 Å². The van der Waals surface area contributed by atoms with Crippen LogP contribution in [0.2, 0.25) is 0 Å². The maximum atomic E-state index is 10.8. The van der Waals surface area contributed by atoms with Gasteiger partial charge >= 0.3 is 5.97 Å². The van der Waals surface area contributed by atoms with Crippen molar-refractivity contribution in [3.05, 3.63) is 18.2 Å². The zero-order valence-corrected chi connectivity index (χ0v) is 8.11. The average molecular weight is 182 g/mol. The molecule has 4 heteroatoms. The summed E-state index contributed by atoms with van der Waals surface area (Å²) in [4.78, 5) is 14.8. The maximum Gasteiger partial charge on any atom is 0.309 e. The molecule has 1 heterocycles. The quantitative estimate of drug-likeness (QED) is 0.760. The van der Waals surface area contributed by atoms with Gasteiger partial charge in [0.25, 0.3) is 0 Å². The van der Waals surface area contributed by atoms with Crippen LogP contribution in [0.5, 0.6) is 0 Å². The molecular weight excluding hydrogens is 168 g/mol. The van der Waals surface area contributed by atoms with Gasteiger partial charge in [-0.1, -0.05) is 0 Å². The van der Waals surface area contributed by atoms with Crippen molar-refractivity contribution in [2.24, 2.45) is 12.5 Å². The molecule has 1 rings (SSSR count). The molecule has 0 fully saturated rings. The highest BCUT2D eigenvalue weighted by atomic mass is 16.4. The van der Waals surface area contributed by atoms with Gasteiger partial charge in [0.15, 0.2) is 0 Å². The lowest BCUT2D eigenvalue weighted by Gasteiger charge is -2.18. The summed E-state index contributed by atoms with van der Waals surface area (Å²) < 4.78 is 1.84. The van der Waals surface area contributed by atoms with E-state index in [0.717, 1.165) is 5.69 Å². The summed E-state index contributed by atoms with van der Waals surface area (Å²) in [5, 5.41) is 8.90. The number of aryl methyl sites for hydroxylation is 1. The molecule has 0 saturated heterocycles. The Morgan fingerprint density at radius 2 is 2.31 bits per heavy atom. The summed E-state index contributed by atoms with van der Waals surface area (Å²) in [5.74, 6) is -0.784. The molecule has 0 aliphatic heterocycles. The van der Waals surface area contributed by atoms with Crippen LogP contribution in [-0.4, -0.2) is 20.6 Å². The standard InChI is InChI=1S/C9H14N2O2/c1-9(2,8(12)13)4-7-5-10-6-11(7)3/h5-6H,4H2,1-3H3,(H,12,13). The topological polar surface area (TPSA) is 55.1 Å². The zero-order valence-electron chi connectivity index (χ0n) is 8.11. The molecular formula is C9H14N2O2. The van der Waals surface area contributed by atoms with Crippen molar-refractivity contribution >= 4 is 5.97 Å². The third kappa shape index (κ3) is 2.08. The van der Waals surface area contributed by atoms with Gasteiger partial charge in [0.1, 0.15) is 0 Å². The van der Waals surface area contributed by atoms with E-state index in [1.54, 1.807) is 26.4 Å². The lowest BCUT2D eigenvalue weighted by atomic mass is 9.88. The van der Waals surface area contributed by atoms with Crippen molar-refractivity contribution in [3.8, 4) is 0 Å². The van der Waals surface area contributed by atoms with Crippen LogP contribution in [0.15, 0.2) is 12.5 Å². The van der Waals surface area contributed by atoms with Gasteiger partial charge in [-0.3, -0.25) is 4.79 Å². The van der Waals surface area contributed by atoms with Crippen molar-refractivity contribution in [1.82, 2.24) is 9.55 Å². The molecule has 0 aliphatic carbocycles. The number of nitrogens with zero attached hydrogens (tertiary/aromatic N) is 2. The first kappa shape index (κ1) is 9.77. The Balaban J connectivity index is 2.80. The van der Waals surface area contributed by atoms with E-state index < -0.39 is 11.4 Å². The molecule has 0 bridgehead atoms. The summed E-state index contributed by atoms with van der Waals surface area (Å²) in [5.41, 5.74) is 0.209. The normalized spacial score (nSPS) is 11.6. The number of hydrogen-bond acceptors (Lipinski definition) is 2. The minimum absolute atomic E-state index is 0.499. The smallest absolute Gasteiger partial charge is 0.309 e. The molecule has 1 aromatic rings. The summed E-state index contributed by atoms with van der Waals surface area (Å²) in [7, 11) is 1.86. The fraction of sp³-hybridized carbons (Fsp3) is 0.556. The van der Waals surface area contributed by atoms with Crippen LogP contribution in [0.1, 0.15) is 19.5 Å². The highest BCUT2D eigenvalue weighted by molar-refractivity contribution is 5.73. The van der Waals surface area contributed by atoms with E-state index in [1.165, 1.54) is 0 Å². The molecule has 1 N–H and O–H groups in total. The van der Waals surface area contributed by atoms with E-state index in [4.69, 9.17) is 5.11 Å². The van der Waals surface area contributed by atoms with E-state index in [2.05, 4.69) is 4.98 Å². The molecule has 4 nitrogen and oxygen atoms in total. The second kappa shape index (κ2) is 3.20. The summed E-state index contributed by atoms with van der Waals surface area (Å²) in [6.07, 6.45) is 3.87. The largest absolute Gasteiger partial charge is 0.481 e. The first-order valence-electron chi connectivity index (χ1n) is 4.12. The zero-order chi connectivity index (χ0) is 10.1. The third-order valence-corrected chi connectivity index (χ3v) is 2.12. The van der Waals surface area contributed by atoms with Crippen LogP contribution in [0.25, 0.3) is 0 Å². The Bertz CT molecular complexity index is 315. The number of carbonyl (C=O) groups is 1. The fourth-order valence-corrected chi connectivity index (χ4v) is 1.08. The number of rotatable bonds is 3. The van der Waals surface area contributed by atoms with Crippen LogP contribution < -0.4 is 0 Å². The fourth-order valence-electron chi connectivity index (χ4n) is 1.08. The molecule has 13 heavy (non-hydrogen) atoms. The van der Waals surface area contributed by atoms with E-state index in [1.807, 2.05) is 11.6 Å². The minimum atomic E-state index is -0.784. The predicted octanol–water partition coefficient (Wildman–Crippen LogP) is 1.07. The van der Waals surface area contributed by atoms with Gasteiger partial charge in [0.05, 0.1) is 11.7 Å². The van der Waals surface area contributed by atoms with Crippen LogP contribution in [0.4, 0.5) is 0 Å². The molecule has 0 unspecified atom stereocenters. The highest BCUT2D eigenvalue weighted by Crippen LogP contribution is 2.21. The molecule has 0 radical (unpaired) electrons. The molecule has 0 amide bonds. The van der Waals surface area contributed by atoms with E-state index in [0.29, 0.717) is 6.42 Å². The second-order valence-corrected chi connectivity index (χ2v) is 3.86. The minimum Gasteiger partial charge on any atom is -0.481 e. The van der Waals surface area contributed by atoms with Gasteiger partial charge in [-0.2, -0.15) is 0 Å². The molecule has 72 valence electrons. The number of imidazole rings is 1. The summed E-state index contributed by atoms with van der Waals surface area (Å²) >= 11 is 0. The van der Waals surface area contributed by atoms with Gasteiger partial charge in [0, 0.05) is 25.4 Å². The van der Waals surface area contributed by atoms with E-state index >= 15 is 0 Å². The van der Waals surface area contributed by atoms with Crippen molar-refractivity contribution in [2.75, 3.05) is 0 Å². The lowest BCUT2D eigenvalue weighted by Crippen LogP contribution is -2.27. The molecule has 1 aromatic heterocycles. The van der Waals surface area contributed by atoms with Crippen molar-refractivity contribution in [3.63, 3.8) is 0 Å². The van der Waals surface area contributed by atoms with Crippen molar-refractivity contribution in [2.45, 2.75) is 20.3 Å². The van der Waals surface area contributed by atoms with E-state index in [9.17, 15) is 4.79 Å². The lowest BCUT2D eigenvalue weighted by molar-refractivity contribution is -0.146. The van der Waals surface area contributed by atoms with Crippen LogP contribution in [0.3, 0.4) is 0 Å². The number of aliphatic carboxylic acids is 1. The monoisotopic (exact) mass is 182 g/mol. The van der Waals surface area contributed by atoms with Gasteiger partial charge in [-0.15, -0.1) is 0 Å². The van der Waals surface area contributed by atoms with Crippen molar-refractivity contribution in [1.29, 1.82) is 0 Å². The number of carboxylic acid groups (broad SMARTS) is 1. The Hall–Kier alpha value is -1.32. The summed E-state index contributed by atoms with van der Waals surface area (Å²) in [6, 6.07) is 0. The Morgan fingerprint density at radius 1 is 1.69 bits per heavy atom. The van der Waals surface area contributed by atoms with Gasteiger partial charge in [-0.05, 0) is 13.8 Å². The maximum absolute atomic E-state index is 10.8. The Kier molecular flexibility index (Phi) is 2.40. The molecule has 0 atom stereocenters.